The van der Waals surface area contributed by atoms with E-state index in [1.165, 1.54) is 0 Å². The van der Waals surface area contributed by atoms with Gasteiger partial charge in [-0.2, -0.15) is 0 Å². The molecule has 0 bridgehead atoms. The summed E-state index contributed by atoms with van der Waals surface area (Å²) < 4.78 is 0. The van der Waals surface area contributed by atoms with Crippen molar-refractivity contribution in [2.24, 2.45) is 0 Å². The maximum atomic E-state index is 12.5. The summed E-state index contributed by atoms with van der Waals surface area (Å²) in [5, 5.41) is 8.95. The number of rotatable bonds is 8. The van der Waals surface area contributed by atoms with E-state index in [9.17, 15) is 9.59 Å². The lowest BCUT2D eigenvalue weighted by Gasteiger charge is -2.14. The Morgan fingerprint density at radius 1 is 0.963 bits per heavy atom. The molecule has 2 amide bonds. The van der Waals surface area contributed by atoms with Crippen molar-refractivity contribution in [3.63, 3.8) is 0 Å². The average Bonchev–Trinajstić information content (AvgIpc) is 2.63. The average molecular weight is 413 g/mol. The largest absolute Gasteiger partial charge is 0.351 e. The molecule has 0 atom stereocenters. The molecule has 6 nitrogen and oxygen atoms in total. The van der Waals surface area contributed by atoms with Gasteiger partial charge in [0, 0.05) is 31.0 Å². The smallest absolute Gasteiger partial charge is 0.255 e. The van der Waals surface area contributed by atoms with Crippen LogP contribution in [0, 0.1) is 6.92 Å². The number of benzene rings is 1. The molecule has 3 N–H and O–H groups in total. The number of carbonyl (C=O) groups is 2. The minimum Gasteiger partial charge on any atom is -0.351 e. The minimum absolute atomic E-state index is 0. The molecule has 0 fully saturated rings. The zero-order valence-corrected chi connectivity index (χ0v) is 17.1. The van der Waals surface area contributed by atoms with Gasteiger partial charge in [0.15, 0.2) is 0 Å². The number of aromatic nitrogens is 1. The Balaban J connectivity index is 0.00000338. The second-order valence-corrected chi connectivity index (χ2v) is 5.69. The number of hydrogen-bond donors (Lipinski definition) is 3. The normalized spacial score (nSPS) is 9.56. The van der Waals surface area contributed by atoms with E-state index in [1.807, 2.05) is 19.1 Å². The quantitative estimate of drug-likeness (QED) is 0.581. The highest BCUT2D eigenvalue weighted by Gasteiger charge is 2.16. The SMILES string of the molecule is CCCNCCNC(=O)c1cccc(C)c1NC(=O)c1ccncc1.Cl.Cl. The zero-order chi connectivity index (χ0) is 18.1. The van der Waals surface area contributed by atoms with Crippen molar-refractivity contribution in [3.05, 3.63) is 59.4 Å². The molecular weight excluding hydrogens is 387 g/mol. The van der Waals surface area contributed by atoms with Crippen LogP contribution >= 0.6 is 24.8 Å². The summed E-state index contributed by atoms with van der Waals surface area (Å²) in [5.41, 5.74) is 2.31. The monoisotopic (exact) mass is 412 g/mol. The lowest BCUT2D eigenvalue weighted by molar-refractivity contribution is 0.0954. The van der Waals surface area contributed by atoms with Gasteiger partial charge < -0.3 is 16.0 Å². The van der Waals surface area contributed by atoms with Gasteiger partial charge in [-0.15, -0.1) is 24.8 Å². The molecule has 27 heavy (non-hydrogen) atoms. The Hall–Kier alpha value is -2.15. The molecule has 1 heterocycles. The van der Waals surface area contributed by atoms with Crippen LogP contribution in [0.4, 0.5) is 5.69 Å². The van der Waals surface area contributed by atoms with E-state index in [1.54, 1.807) is 30.6 Å². The van der Waals surface area contributed by atoms with Crippen LogP contribution in [0.15, 0.2) is 42.7 Å². The van der Waals surface area contributed by atoms with Crippen LogP contribution in [0.2, 0.25) is 0 Å². The first kappa shape index (κ1) is 24.8. The van der Waals surface area contributed by atoms with Gasteiger partial charge in [0.2, 0.25) is 0 Å². The number of pyridine rings is 1. The summed E-state index contributed by atoms with van der Waals surface area (Å²) >= 11 is 0. The molecule has 0 radical (unpaired) electrons. The third-order valence-corrected chi connectivity index (χ3v) is 3.71. The van der Waals surface area contributed by atoms with E-state index >= 15 is 0 Å². The third kappa shape index (κ3) is 7.54. The van der Waals surface area contributed by atoms with Crippen LogP contribution in [-0.2, 0) is 0 Å². The van der Waals surface area contributed by atoms with E-state index in [0.717, 1.165) is 18.5 Å². The molecule has 148 valence electrons. The second-order valence-electron chi connectivity index (χ2n) is 5.69. The number of hydrogen-bond acceptors (Lipinski definition) is 4. The summed E-state index contributed by atoms with van der Waals surface area (Å²) in [4.78, 5) is 28.8. The van der Waals surface area contributed by atoms with Crippen molar-refractivity contribution in [1.82, 2.24) is 15.6 Å². The zero-order valence-electron chi connectivity index (χ0n) is 15.5. The van der Waals surface area contributed by atoms with Gasteiger partial charge >= 0.3 is 0 Å². The topological polar surface area (TPSA) is 83.1 Å². The third-order valence-electron chi connectivity index (χ3n) is 3.71. The molecule has 0 aliphatic rings. The standard InChI is InChI=1S/C19H24N4O2.2ClH/c1-3-9-20-12-13-22-19(25)16-6-4-5-14(2)17(16)23-18(24)15-7-10-21-11-8-15;;/h4-8,10-11,20H,3,9,12-13H2,1-2H3,(H,22,25)(H,23,24);2*1H. The number of para-hydroxylation sites is 1. The highest BCUT2D eigenvalue weighted by atomic mass is 35.5. The number of aryl methyl sites for hydroxylation is 1. The van der Waals surface area contributed by atoms with Crippen LogP contribution in [-0.4, -0.2) is 36.4 Å². The molecule has 0 saturated carbocycles. The van der Waals surface area contributed by atoms with Crippen molar-refractivity contribution in [3.8, 4) is 0 Å². The molecule has 0 saturated heterocycles. The van der Waals surface area contributed by atoms with E-state index in [2.05, 4.69) is 27.9 Å². The van der Waals surface area contributed by atoms with Gasteiger partial charge in [-0.3, -0.25) is 14.6 Å². The molecule has 2 rings (SSSR count). The molecule has 0 aliphatic heterocycles. The van der Waals surface area contributed by atoms with Gasteiger partial charge in [0.05, 0.1) is 11.3 Å². The van der Waals surface area contributed by atoms with Crippen molar-refractivity contribution in [2.75, 3.05) is 25.0 Å². The Bertz CT molecular complexity index is 727. The van der Waals surface area contributed by atoms with Crippen LogP contribution in [0.25, 0.3) is 0 Å². The molecule has 0 spiro atoms. The van der Waals surface area contributed by atoms with E-state index in [4.69, 9.17) is 0 Å². The van der Waals surface area contributed by atoms with Gasteiger partial charge in [-0.25, -0.2) is 0 Å². The van der Waals surface area contributed by atoms with Gasteiger partial charge in [0.1, 0.15) is 0 Å². The maximum absolute atomic E-state index is 12.5. The number of halogens is 2. The summed E-state index contributed by atoms with van der Waals surface area (Å²) in [5.74, 6) is -0.470. The second kappa shape index (κ2) is 13.1. The molecule has 0 unspecified atom stereocenters. The Morgan fingerprint density at radius 3 is 2.33 bits per heavy atom. The minimum atomic E-state index is -0.268. The first-order chi connectivity index (χ1) is 12.1. The molecular formula is C19H26Cl2N4O2. The van der Waals surface area contributed by atoms with Crippen molar-refractivity contribution >= 4 is 42.3 Å². The van der Waals surface area contributed by atoms with Crippen LogP contribution in [0.1, 0.15) is 39.6 Å². The summed E-state index contributed by atoms with van der Waals surface area (Å²) in [7, 11) is 0. The fourth-order valence-corrected chi connectivity index (χ4v) is 2.37. The van der Waals surface area contributed by atoms with Crippen molar-refractivity contribution < 1.29 is 9.59 Å². The fourth-order valence-electron chi connectivity index (χ4n) is 2.37. The highest BCUT2D eigenvalue weighted by Crippen LogP contribution is 2.21. The summed E-state index contributed by atoms with van der Waals surface area (Å²) in [6.07, 6.45) is 4.17. The number of nitrogens with one attached hydrogen (secondary N) is 3. The van der Waals surface area contributed by atoms with E-state index in [-0.39, 0.29) is 36.6 Å². The predicted octanol–water partition coefficient (Wildman–Crippen LogP) is 3.22. The van der Waals surface area contributed by atoms with Crippen molar-refractivity contribution in [1.29, 1.82) is 0 Å². The van der Waals surface area contributed by atoms with Gasteiger partial charge in [-0.1, -0.05) is 19.1 Å². The Labute approximate surface area is 172 Å². The van der Waals surface area contributed by atoms with E-state index in [0.29, 0.717) is 29.9 Å². The van der Waals surface area contributed by atoms with Crippen LogP contribution < -0.4 is 16.0 Å². The van der Waals surface area contributed by atoms with Gasteiger partial charge in [-0.05, 0) is 43.7 Å². The van der Waals surface area contributed by atoms with Crippen LogP contribution in [0.5, 0.6) is 0 Å². The molecule has 1 aromatic carbocycles. The maximum Gasteiger partial charge on any atom is 0.255 e. The first-order valence-electron chi connectivity index (χ1n) is 8.43. The number of carbonyl (C=O) groups excluding carboxylic acids is 2. The van der Waals surface area contributed by atoms with Crippen molar-refractivity contribution in [2.45, 2.75) is 20.3 Å². The van der Waals surface area contributed by atoms with Crippen LogP contribution in [0.3, 0.4) is 0 Å². The number of nitrogens with zero attached hydrogens (tertiary/aromatic N) is 1. The Kier molecular flexibility index (Phi) is 12.0. The lowest BCUT2D eigenvalue weighted by atomic mass is 10.1. The number of anilines is 1. The molecule has 1 aromatic heterocycles. The first-order valence-corrected chi connectivity index (χ1v) is 8.43. The molecule has 0 aliphatic carbocycles. The summed E-state index contributed by atoms with van der Waals surface area (Å²) in [6, 6.07) is 8.65. The predicted molar refractivity (Wildman–Crippen MR) is 113 cm³/mol. The summed E-state index contributed by atoms with van der Waals surface area (Å²) in [6.45, 7) is 6.13. The highest BCUT2D eigenvalue weighted by molar-refractivity contribution is 6.09. The lowest BCUT2D eigenvalue weighted by Crippen LogP contribution is -2.32. The van der Waals surface area contributed by atoms with E-state index < -0.39 is 0 Å². The van der Waals surface area contributed by atoms with Gasteiger partial charge in [0.25, 0.3) is 11.8 Å². The fraction of sp³-hybridized carbons (Fsp3) is 0.316. The Morgan fingerprint density at radius 2 is 1.67 bits per heavy atom. The molecule has 2 aromatic rings. The molecule has 8 heteroatoms. The number of amides is 2.